The summed E-state index contributed by atoms with van der Waals surface area (Å²) in [6.07, 6.45) is 0. The summed E-state index contributed by atoms with van der Waals surface area (Å²) in [7, 11) is -3.97. The van der Waals surface area contributed by atoms with Gasteiger partial charge in [0.05, 0.1) is 4.92 Å². The van der Waals surface area contributed by atoms with Crippen molar-refractivity contribution in [3.8, 4) is 0 Å². The molecule has 0 spiro atoms. The van der Waals surface area contributed by atoms with Crippen molar-refractivity contribution in [3.05, 3.63) is 34.4 Å². The molecule has 0 amide bonds. The maximum Gasteiger partial charge on any atom is 0.465 e. The third kappa shape index (κ3) is 2.75. The number of rotatable bonds is 5. The van der Waals surface area contributed by atoms with E-state index in [1.807, 2.05) is 0 Å². The molecule has 0 heterocycles. The fourth-order valence-electron chi connectivity index (χ4n) is 0.952. The van der Waals surface area contributed by atoms with Gasteiger partial charge in [-0.2, -0.15) is 0 Å². The Kier molecular flexibility index (Phi) is 3.93. The van der Waals surface area contributed by atoms with E-state index in [4.69, 9.17) is 11.8 Å². The van der Waals surface area contributed by atoms with Crippen LogP contribution < -0.4 is 16.9 Å². The minimum atomic E-state index is -3.97. The summed E-state index contributed by atoms with van der Waals surface area (Å²) in [6, 6.07) is 5.45. The van der Waals surface area contributed by atoms with Crippen molar-refractivity contribution in [1.82, 2.24) is 0 Å². The van der Waals surface area contributed by atoms with Crippen molar-refractivity contribution in [3.63, 3.8) is 0 Å². The minimum absolute atomic E-state index is 0.0771. The highest BCUT2D eigenvalue weighted by molar-refractivity contribution is 7.55. The SMILES string of the molecule is NOP(=O)(Nc1ccccc1[N+](=O)[O-])ON. The Morgan fingerprint density at radius 2 is 1.88 bits per heavy atom. The van der Waals surface area contributed by atoms with Gasteiger partial charge in [0.1, 0.15) is 5.69 Å². The molecule has 0 unspecified atom stereocenters. The molecule has 16 heavy (non-hydrogen) atoms. The van der Waals surface area contributed by atoms with E-state index in [0.29, 0.717) is 0 Å². The Bertz CT molecular complexity index is 431. The Labute approximate surface area is 90.0 Å². The zero-order valence-corrected chi connectivity index (χ0v) is 8.79. The molecule has 0 saturated heterocycles. The zero-order valence-electron chi connectivity index (χ0n) is 7.90. The first-order valence-corrected chi connectivity index (χ1v) is 5.45. The Morgan fingerprint density at radius 3 is 2.38 bits per heavy atom. The lowest BCUT2D eigenvalue weighted by Gasteiger charge is -2.13. The van der Waals surface area contributed by atoms with Crippen LogP contribution in [0.1, 0.15) is 0 Å². The third-order valence-electron chi connectivity index (χ3n) is 1.64. The Morgan fingerprint density at radius 1 is 1.31 bits per heavy atom. The first-order chi connectivity index (χ1) is 7.52. The number of anilines is 1. The second kappa shape index (κ2) is 5.01. The molecule has 0 atom stereocenters. The van der Waals surface area contributed by atoms with Crippen molar-refractivity contribution < 1.29 is 18.7 Å². The summed E-state index contributed by atoms with van der Waals surface area (Å²) < 4.78 is 19.5. The normalized spacial score (nSPS) is 11.1. The molecule has 10 heteroatoms. The average Bonchev–Trinajstić information content (AvgIpc) is 2.29. The van der Waals surface area contributed by atoms with Crippen LogP contribution in [0.15, 0.2) is 24.3 Å². The van der Waals surface area contributed by atoms with Crippen LogP contribution in [-0.2, 0) is 13.8 Å². The van der Waals surface area contributed by atoms with Crippen LogP contribution >= 0.6 is 7.75 Å². The van der Waals surface area contributed by atoms with Crippen LogP contribution in [0.4, 0.5) is 11.4 Å². The van der Waals surface area contributed by atoms with E-state index in [1.165, 1.54) is 24.3 Å². The van der Waals surface area contributed by atoms with E-state index < -0.39 is 12.7 Å². The average molecular weight is 248 g/mol. The maximum atomic E-state index is 11.5. The van der Waals surface area contributed by atoms with Crippen molar-refractivity contribution >= 4 is 19.1 Å². The van der Waals surface area contributed by atoms with Crippen molar-refractivity contribution in [1.29, 1.82) is 0 Å². The van der Waals surface area contributed by atoms with Crippen molar-refractivity contribution in [2.45, 2.75) is 0 Å². The second-order valence-electron chi connectivity index (χ2n) is 2.59. The number of para-hydroxylation sites is 2. The van der Waals surface area contributed by atoms with Gasteiger partial charge >= 0.3 is 7.75 Å². The molecule has 88 valence electrons. The van der Waals surface area contributed by atoms with Gasteiger partial charge in [-0.25, -0.2) is 25.6 Å². The molecule has 0 radical (unpaired) electrons. The number of nitro groups is 1. The lowest BCUT2D eigenvalue weighted by atomic mass is 10.3. The first kappa shape index (κ1) is 12.6. The standard InChI is InChI=1S/C6H9N4O5P/c7-14-16(13,15-8)9-5-3-1-2-4-6(5)10(11)12/h1-4H,7-8H2,(H,9,13). The minimum Gasteiger partial charge on any atom is -0.284 e. The number of nitrogens with one attached hydrogen (secondary N) is 1. The van der Waals surface area contributed by atoms with Gasteiger partial charge in [-0.05, 0) is 6.07 Å². The summed E-state index contributed by atoms with van der Waals surface area (Å²) in [5, 5.41) is 12.7. The maximum absolute atomic E-state index is 11.5. The van der Waals surface area contributed by atoms with Crippen LogP contribution in [0, 0.1) is 10.1 Å². The molecule has 0 saturated carbocycles. The van der Waals surface area contributed by atoms with Crippen LogP contribution in [0.3, 0.4) is 0 Å². The molecule has 1 rings (SSSR count). The molecule has 1 aromatic rings. The summed E-state index contributed by atoms with van der Waals surface area (Å²) in [6.45, 7) is 0. The van der Waals surface area contributed by atoms with Crippen LogP contribution in [0.25, 0.3) is 0 Å². The van der Waals surface area contributed by atoms with Gasteiger partial charge < -0.3 is 0 Å². The lowest BCUT2D eigenvalue weighted by Crippen LogP contribution is -2.12. The van der Waals surface area contributed by atoms with Crippen molar-refractivity contribution in [2.24, 2.45) is 11.8 Å². The summed E-state index contributed by atoms with van der Waals surface area (Å²) in [5.74, 6) is 9.38. The van der Waals surface area contributed by atoms with E-state index in [0.717, 1.165) is 0 Å². The fraction of sp³-hybridized carbons (Fsp3) is 0. The van der Waals surface area contributed by atoms with Gasteiger partial charge in [-0.3, -0.25) is 15.2 Å². The van der Waals surface area contributed by atoms with Gasteiger partial charge in [-0.1, -0.05) is 12.1 Å². The monoisotopic (exact) mass is 248 g/mol. The van der Waals surface area contributed by atoms with E-state index in [9.17, 15) is 14.7 Å². The number of nitro benzene ring substituents is 1. The predicted octanol–water partition coefficient (Wildman–Crippen LogP) is 0.895. The van der Waals surface area contributed by atoms with Gasteiger partial charge in [-0.15, -0.1) is 0 Å². The summed E-state index contributed by atoms with van der Waals surface area (Å²) >= 11 is 0. The number of hydrogen-bond donors (Lipinski definition) is 3. The Balaban J connectivity index is 3.06. The van der Waals surface area contributed by atoms with E-state index in [1.54, 1.807) is 0 Å². The van der Waals surface area contributed by atoms with Crippen LogP contribution in [0.5, 0.6) is 0 Å². The number of nitrogens with zero attached hydrogens (tertiary/aromatic N) is 1. The van der Waals surface area contributed by atoms with E-state index in [-0.39, 0.29) is 11.4 Å². The topological polar surface area (TPSA) is 143 Å². The predicted molar refractivity (Wildman–Crippen MR) is 54.9 cm³/mol. The molecule has 0 bridgehead atoms. The zero-order chi connectivity index (χ0) is 12.2. The quantitative estimate of drug-likeness (QED) is 0.396. The molecule has 0 aliphatic carbocycles. The molecule has 0 aromatic heterocycles. The van der Waals surface area contributed by atoms with E-state index in [2.05, 4.69) is 14.3 Å². The molecule has 0 aliphatic rings. The van der Waals surface area contributed by atoms with Gasteiger partial charge in [0.2, 0.25) is 0 Å². The largest absolute Gasteiger partial charge is 0.465 e. The number of nitrogens with two attached hydrogens (primary N) is 2. The van der Waals surface area contributed by atoms with Crippen LogP contribution in [-0.4, -0.2) is 4.92 Å². The number of benzene rings is 1. The molecular formula is C6H9N4O5P. The van der Waals surface area contributed by atoms with Crippen molar-refractivity contribution in [2.75, 3.05) is 5.09 Å². The fourth-order valence-corrected chi connectivity index (χ4v) is 1.59. The molecule has 0 fully saturated rings. The van der Waals surface area contributed by atoms with Crippen LogP contribution in [0.2, 0.25) is 0 Å². The summed E-state index contributed by atoms with van der Waals surface area (Å²) in [4.78, 5) is 9.95. The molecule has 9 nitrogen and oxygen atoms in total. The molecule has 1 aromatic carbocycles. The van der Waals surface area contributed by atoms with E-state index >= 15 is 0 Å². The third-order valence-corrected chi connectivity index (χ3v) is 2.71. The van der Waals surface area contributed by atoms with Gasteiger partial charge in [0, 0.05) is 6.07 Å². The van der Waals surface area contributed by atoms with Gasteiger partial charge in [0.15, 0.2) is 0 Å². The molecule has 5 N–H and O–H groups in total. The highest BCUT2D eigenvalue weighted by atomic mass is 31.2. The summed E-state index contributed by atoms with van der Waals surface area (Å²) in [5.41, 5.74) is -0.386. The smallest absolute Gasteiger partial charge is 0.284 e. The molecular weight excluding hydrogens is 239 g/mol. The highest BCUT2D eigenvalue weighted by Crippen LogP contribution is 2.46. The second-order valence-corrected chi connectivity index (χ2v) is 4.23. The highest BCUT2D eigenvalue weighted by Gasteiger charge is 2.26. The lowest BCUT2D eigenvalue weighted by molar-refractivity contribution is -0.383. The Hall–Kier alpha value is -1.51. The number of hydrogen-bond acceptors (Lipinski definition) is 7. The first-order valence-electron chi connectivity index (χ1n) is 3.91. The molecule has 0 aliphatic heterocycles. The van der Waals surface area contributed by atoms with Gasteiger partial charge in [0.25, 0.3) is 5.69 Å².